The second-order valence-corrected chi connectivity index (χ2v) is 11.1. The Morgan fingerprint density at radius 3 is 2.00 bits per heavy atom. The van der Waals surface area contributed by atoms with Gasteiger partial charge >= 0.3 is 0 Å². The smallest absolute Gasteiger partial charge is 0.229 e. The maximum atomic E-state index is 10.9. The Hall–Kier alpha value is -4.50. The highest BCUT2D eigenvalue weighted by Crippen LogP contribution is 2.50. The highest BCUT2D eigenvalue weighted by atomic mass is 35.5. The van der Waals surface area contributed by atoms with Crippen molar-refractivity contribution in [2.75, 3.05) is 34.9 Å². The van der Waals surface area contributed by atoms with E-state index in [0.29, 0.717) is 27.7 Å². The summed E-state index contributed by atoms with van der Waals surface area (Å²) in [6.45, 7) is -0.663. The third kappa shape index (κ3) is 6.04. The predicted molar refractivity (Wildman–Crippen MR) is 164 cm³/mol. The Morgan fingerprint density at radius 1 is 0.809 bits per heavy atom. The van der Waals surface area contributed by atoms with Crippen molar-refractivity contribution >= 4 is 22.5 Å². The van der Waals surface area contributed by atoms with Crippen LogP contribution in [0.4, 0.5) is 0 Å². The molecule has 3 heterocycles. The molecule has 250 valence electrons. The molecule has 5 atom stereocenters. The number of aliphatic hydroxyl groups excluding tert-OH is 4. The lowest BCUT2D eigenvalue weighted by Gasteiger charge is -2.40. The molecule has 1 fully saturated rings. The number of nitrogens with zero attached hydrogens (tertiary/aromatic N) is 1. The first-order chi connectivity index (χ1) is 22.0. The maximum Gasteiger partial charge on any atom is 0.229 e. The van der Waals surface area contributed by atoms with E-state index < -0.39 is 37.3 Å². The van der Waals surface area contributed by atoms with Crippen LogP contribution in [0, 0.1) is 0 Å². The Balaban J connectivity index is 0.00000433. The number of benzene rings is 2. The molecule has 4 aliphatic rings. The molecule has 0 aromatic heterocycles. The Labute approximate surface area is 274 Å². The van der Waals surface area contributed by atoms with Gasteiger partial charge in [-0.15, -0.1) is 0 Å². The van der Waals surface area contributed by atoms with E-state index in [1.807, 2.05) is 43.0 Å². The van der Waals surface area contributed by atoms with Gasteiger partial charge in [-0.25, -0.2) is 4.58 Å². The molecule has 6 rings (SSSR count). The van der Waals surface area contributed by atoms with Crippen molar-refractivity contribution in [1.29, 1.82) is 0 Å². The number of hydrogen-bond acceptors (Lipinski definition) is 12. The highest BCUT2D eigenvalue weighted by molar-refractivity contribution is 6.05. The molecule has 47 heavy (non-hydrogen) atoms. The van der Waals surface area contributed by atoms with E-state index >= 15 is 0 Å². The molecule has 0 saturated carbocycles. The Morgan fingerprint density at radius 2 is 1.43 bits per heavy atom. The van der Waals surface area contributed by atoms with Gasteiger partial charge in [0.25, 0.3) is 0 Å². The van der Waals surface area contributed by atoms with Gasteiger partial charge in [-0.2, -0.15) is 0 Å². The van der Waals surface area contributed by atoms with E-state index in [9.17, 15) is 30.6 Å². The van der Waals surface area contributed by atoms with Gasteiger partial charge in [0.15, 0.2) is 28.7 Å². The fourth-order valence-corrected chi connectivity index (χ4v) is 5.49. The van der Waals surface area contributed by atoms with Crippen LogP contribution in [0.3, 0.4) is 0 Å². The summed E-state index contributed by atoms with van der Waals surface area (Å²) in [5, 5.41) is 62.8. The standard InChI is InChI=1S/C33H33NO12.ClH/c1-34(2)17-7-5-15(6-8-17)20-13-19-26-21(43-20)11-18(36)12-22(26)44-31(16-9-23(41-3)27(37)24(10-16)42-4)32(19)46-33-30(40)29(39)28(38)25(14-35)45-33;/h5-13,25,28-30,33,35,38-40H,14H2,1-4H3,(H,36,37);1H/t25-,28-,29+,30-,33+;/m1./s1. The second kappa shape index (κ2) is 13.3. The molecule has 0 bridgehead atoms. The summed E-state index contributed by atoms with van der Waals surface area (Å²) >= 11 is 0. The summed E-state index contributed by atoms with van der Waals surface area (Å²) in [6.07, 6.45) is -0.312. The van der Waals surface area contributed by atoms with Crippen LogP contribution in [0.15, 0.2) is 63.5 Å². The Kier molecular flexibility index (Phi) is 9.59. The van der Waals surface area contributed by atoms with Crippen molar-refractivity contribution in [2.45, 2.75) is 30.7 Å². The summed E-state index contributed by atoms with van der Waals surface area (Å²) in [6, 6.07) is 7.47. The predicted octanol–water partition coefficient (Wildman–Crippen LogP) is -1.32. The monoisotopic (exact) mass is 671 g/mol. The second-order valence-electron chi connectivity index (χ2n) is 11.1. The van der Waals surface area contributed by atoms with Gasteiger partial charge in [-0.3, -0.25) is 0 Å². The van der Waals surface area contributed by atoms with E-state index in [1.54, 1.807) is 6.07 Å². The fraction of sp³-hybridized carbons (Fsp3) is 0.303. The van der Waals surface area contributed by atoms with E-state index in [1.165, 1.54) is 38.5 Å². The number of allylic oxidation sites excluding steroid dienone is 4. The van der Waals surface area contributed by atoms with Crippen LogP contribution in [-0.2, 0) is 4.74 Å². The highest BCUT2D eigenvalue weighted by Gasteiger charge is 2.45. The molecule has 0 unspecified atom stereocenters. The van der Waals surface area contributed by atoms with Gasteiger partial charge in [-0.1, -0.05) is 0 Å². The van der Waals surface area contributed by atoms with Gasteiger partial charge < -0.3 is 70.8 Å². The first-order valence-electron chi connectivity index (χ1n) is 14.3. The molecule has 0 spiro atoms. The number of halogens is 1. The first kappa shape index (κ1) is 33.9. The molecule has 13 nitrogen and oxygen atoms in total. The number of hydrogen-bond donors (Lipinski definition) is 6. The lowest BCUT2D eigenvalue weighted by atomic mass is 9.97. The van der Waals surface area contributed by atoms with Crippen LogP contribution in [0.5, 0.6) is 28.7 Å². The van der Waals surface area contributed by atoms with Gasteiger partial charge in [0.05, 0.1) is 26.4 Å². The number of rotatable bonds is 6. The van der Waals surface area contributed by atoms with Gasteiger partial charge in [0.2, 0.25) is 12.0 Å². The SMILES string of the molecule is COc1cc(-c2oc3cc(O)cc4oc(=C5C=CC(=[N+](C)C)C=C5)cc(c2O[C@@H]2O[C@H](CO)[C@@H](O)[C@H](O)[C@H]2O)-c34)cc(OC)c1O.[Cl-]. The minimum atomic E-state index is -1.74. The van der Waals surface area contributed by atoms with Gasteiger partial charge in [0.1, 0.15) is 60.8 Å². The zero-order chi connectivity index (χ0) is 32.9. The van der Waals surface area contributed by atoms with Crippen LogP contribution in [0.2, 0.25) is 0 Å². The van der Waals surface area contributed by atoms with Crippen LogP contribution in [0.25, 0.3) is 39.2 Å². The van der Waals surface area contributed by atoms with E-state index in [0.717, 1.165) is 5.71 Å². The summed E-state index contributed by atoms with van der Waals surface area (Å²) < 4.78 is 37.3. The Bertz CT molecular complexity index is 1890. The number of aliphatic hydroxyl groups is 4. The number of methoxy groups -OCH3 is 2. The van der Waals surface area contributed by atoms with Crippen molar-refractivity contribution in [3.8, 4) is 51.2 Å². The van der Waals surface area contributed by atoms with E-state index in [2.05, 4.69) is 0 Å². The quantitative estimate of drug-likeness (QED) is 0.133. The van der Waals surface area contributed by atoms with Crippen molar-refractivity contribution in [3.05, 3.63) is 60.1 Å². The lowest BCUT2D eigenvalue weighted by Crippen LogP contribution is -3.00. The number of phenolic OH excluding ortho intramolecular Hbond substituents is 2. The van der Waals surface area contributed by atoms with E-state index in [4.69, 9.17) is 27.8 Å². The first-order valence-corrected chi connectivity index (χ1v) is 14.3. The molecule has 6 N–H and O–H groups in total. The maximum absolute atomic E-state index is 10.9. The molecule has 3 aliphatic heterocycles. The summed E-state index contributed by atoms with van der Waals surface area (Å²) in [4.78, 5) is 0. The normalized spacial score (nSPS) is 22.4. The number of phenols is 2. The summed E-state index contributed by atoms with van der Waals surface area (Å²) in [5.74, 6) is -0.263. The molecule has 2 aromatic carbocycles. The van der Waals surface area contributed by atoms with E-state index in [-0.39, 0.29) is 58.1 Å². The topological polar surface area (TPSA) is 188 Å². The third-order valence-corrected chi connectivity index (χ3v) is 7.97. The minimum absolute atomic E-state index is 0. The average Bonchev–Trinajstić information content (AvgIpc) is 3.05. The zero-order valence-electron chi connectivity index (χ0n) is 25.7. The van der Waals surface area contributed by atoms with Gasteiger partial charge in [-0.05, 0) is 30.4 Å². The number of aromatic hydroxyl groups is 2. The van der Waals surface area contributed by atoms with Crippen LogP contribution < -0.4 is 32.0 Å². The van der Waals surface area contributed by atoms with Crippen LogP contribution in [0.1, 0.15) is 0 Å². The lowest BCUT2D eigenvalue weighted by molar-refractivity contribution is -0.462. The zero-order valence-corrected chi connectivity index (χ0v) is 26.5. The third-order valence-electron chi connectivity index (χ3n) is 7.97. The molecular weight excluding hydrogens is 638 g/mol. The van der Waals surface area contributed by atoms with Gasteiger partial charge in [0, 0.05) is 41.0 Å². The molecule has 0 amide bonds. The molecular formula is C33H34ClNO12. The average molecular weight is 672 g/mol. The summed E-state index contributed by atoms with van der Waals surface area (Å²) in [7, 11) is 6.57. The minimum Gasteiger partial charge on any atom is -1.00 e. The summed E-state index contributed by atoms with van der Waals surface area (Å²) in [5.41, 5.74) is 3.59. The van der Waals surface area contributed by atoms with Crippen molar-refractivity contribution < 1.29 is 75.4 Å². The van der Waals surface area contributed by atoms with Crippen LogP contribution in [-0.4, -0.2) is 107 Å². The number of ether oxygens (including phenoxy) is 4. The van der Waals surface area contributed by atoms with Crippen molar-refractivity contribution in [1.82, 2.24) is 0 Å². The fourth-order valence-electron chi connectivity index (χ4n) is 5.49. The molecule has 14 heteroatoms. The molecule has 0 radical (unpaired) electrons. The molecule has 2 aromatic rings. The molecule has 1 aliphatic carbocycles. The van der Waals surface area contributed by atoms with Crippen molar-refractivity contribution in [2.24, 2.45) is 0 Å². The molecule has 1 saturated heterocycles. The largest absolute Gasteiger partial charge is 1.00 e. The van der Waals surface area contributed by atoms with Crippen molar-refractivity contribution in [3.63, 3.8) is 0 Å². The van der Waals surface area contributed by atoms with Crippen LogP contribution >= 0.6 is 0 Å².